The summed E-state index contributed by atoms with van der Waals surface area (Å²) < 4.78 is 0. The molecule has 2 fully saturated rings. The molecular formula is C15H24N2O4. The van der Waals surface area contributed by atoms with Crippen LogP contribution in [0.2, 0.25) is 0 Å². The van der Waals surface area contributed by atoms with Gasteiger partial charge in [0.05, 0.1) is 11.8 Å². The number of piperidine rings is 1. The zero-order chi connectivity index (χ0) is 15.6. The van der Waals surface area contributed by atoms with Gasteiger partial charge in [-0.15, -0.1) is 0 Å². The van der Waals surface area contributed by atoms with Crippen molar-refractivity contribution in [1.82, 2.24) is 10.2 Å². The van der Waals surface area contributed by atoms with E-state index in [0.717, 1.165) is 12.8 Å². The molecule has 21 heavy (non-hydrogen) atoms. The molecule has 0 bridgehead atoms. The molecule has 4 atom stereocenters. The minimum absolute atomic E-state index is 0.0118. The van der Waals surface area contributed by atoms with Crippen LogP contribution < -0.4 is 5.32 Å². The first-order valence-electron chi connectivity index (χ1n) is 7.67. The summed E-state index contributed by atoms with van der Waals surface area (Å²) in [5, 5.41) is 12.1. The fourth-order valence-corrected chi connectivity index (χ4v) is 3.65. The van der Waals surface area contributed by atoms with E-state index in [-0.39, 0.29) is 23.8 Å². The Morgan fingerprint density at radius 1 is 1.19 bits per heavy atom. The first kappa shape index (κ1) is 15.8. The molecule has 2 rings (SSSR count). The lowest BCUT2D eigenvalue weighted by Gasteiger charge is -2.35. The number of aliphatic carboxylic acids is 1. The Kier molecular flexibility index (Phi) is 4.85. The van der Waals surface area contributed by atoms with Crippen molar-refractivity contribution >= 4 is 17.8 Å². The monoisotopic (exact) mass is 296 g/mol. The van der Waals surface area contributed by atoms with Gasteiger partial charge in [0.2, 0.25) is 11.8 Å². The summed E-state index contributed by atoms with van der Waals surface area (Å²) in [6.45, 7) is 4.63. The highest BCUT2D eigenvalue weighted by Gasteiger charge is 2.43. The maximum absolute atomic E-state index is 12.6. The molecule has 0 aromatic rings. The van der Waals surface area contributed by atoms with Crippen LogP contribution in [0.1, 0.15) is 39.5 Å². The van der Waals surface area contributed by atoms with Crippen molar-refractivity contribution in [3.8, 4) is 0 Å². The lowest BCUT2D eigenvalue weighted by molar-refractivity contribution is -0.149. The molecule has 1 aliphatic carbocycles. The third kappa shape index (κ3) is 3.74. The Labute approximate surface area is 124 Å². The summed E-state index contributed by atoms with van der Waals surface area (Å²) in [7, 11) is 0. The normalized spacial score (nSPS) is 32.8. The van der Waals surface area contributed by atoms with Crippen LogP contribution in [0.4, 0.5) is 0 Å². The first-order chi connectivity index (χ1) is 9.88. The van der Waals surface area contributed by atoms with E-state index in [1.165, 1.54) is 6.92 Å². The molecule has 6 nitrogen and oxygen atoms in total. The van der Waals surface area contributed by atoms with E-state index >= 15 is 0 Å². The highest BCUT2D eigenvalue weighted by atomic mass is 16.4. The fourth-order valence-electron chi connectivity index (χ4n) is 3.65. The highest BCUT2D eigenvalue weighted by Crippen LogP contribution is 2.37. The minimum atomic E-state index is -0.867. The first-order valence-corrected chi connectivity index (χ1v) is 7.67. The Bertz CT molecular complexity index is 437. The molecule has 6 heteroatoms. The van der Waals surface area contributed by atoms with Gasteiger partial charge in [-0.1, -0.05) is 6.92 Å². The Balaban J connectivity index is 2.01. The average Bonchev–Trinajstić information content (AvgIpc) is 2.80. The van der Waals surface area contributed by atoms with Crippen LogP contribution in [0.5, 0.6) is 0 Å². The molecule has 1 saturated carbocycles. The second-order valence-electron chi connectivity index (χ2n) is 6.45. The predicted octanol–water partition coefficient (Wildman–Crippen LogP) is 0.860. The van der Waals surface area contributed by atoms with Gasteiger partial charge in [-0.05, 0) is 31.6 Å². The van der Waals surface area contributed by atoms with E-state index in [1.54, 1.807) is 4.90 Å². The molecule has 2 N–H and O–H groups in total. The summed E-state index contributed by atoms with van der Waals surface area (Å²) in [5.74, 6) is -1.71. The molecule has 2 unspecified atom stereocenters. The summed E-state index contributed by atoms with van der Waals surface area (Å²) in [6, 6.07) is -0.0118. The summed E-state index contributed by atoms with van der Waals surface area (Å²) in [5.41, 5.74) is 0. The van der Waals surface area contributed by atoms with Crippen LogP contribution in [0.25, 0.3) is 0 Å². The number of carboxylic acid groups (broad SMARTS) is 1. The third-order valence-corrected chi connectivity index (χ3v) is 4.57. The van der Waals surface area contributed by atoms with E-state index in [2.05, 4.69) is 5.32 Å². The van der Waals surface area contributed by atoms with Crippen molar-refractivity contribution in [2.24, 2.45) is 17.8 Å². The fraction of sp³-hybridized carbons (Fsp3) is 0.800. The number of hydrogen-bond acceptors (Lipinski definition) is 3. The largest absolute Gasteiger partial charge is 0.481 e. The number of amides is 2. The van der Waals surface area contributed by atoms with E-state index in [4.69, 9.17) is 0 Å². The van der Waals surface area contributed by atoms with E-state index < -0.39 is 17.8 Å². The van der Waals surface area contributed by atoms with Gasteiger partial charge >= 0.3 is 5.97 Å². The lowest BCUT2D eigenvalue weighted by Crippen LogP contribution is -2.51. The maximum atomic E-state index is 12.6. The van der Waals surface area contributed by atoms with E-state index in [1.807, 2.05) is 6.92 Å². The molecule has 118 valence electrons. The molecule has 1 saturated heterocycles. The van der Waals surface area contributed by atoms with Crippen LogP contribution in [-0.2, 0) is 14.4 Å². The molecule has 0 spiro atoms. The zero-order valence-electron chi connectivity index (χ0n) is 12.7. The van der Waals surface area contributed by atoms with Crippen molar-refractivity contribution in [2.45, 2.75) is 45.6 Å². The van der Waals surface area contributed by atoms with Crippen LogP contribution in [0.15, 0.2) is 0 Å². The molecule has 1 heterocycles. The molecule has 1 aliphatic heterocycles. The SMILES string of the molecule is CC(=O)NC1CCCN(C(=O)[C@H]2CC(C)C[C@H]2C(=O)O)C1. The molecule has 0 radical (unpaired) electrons. The minimum Gasteiger partial charge on any atom is -0.481 e. The number of carboxylic acids is 1. The van der Waals surface area contributed by atoms with Crippen LogP contribution >= 0.6 is 0 Å². The average molecular weight is 296 g/mol. The van der Waals surface area contributed by atoms with Gasteiger partial charge in [0, 0.05) is 26.1 Å². The van der Waals surface area contributed by atoms with Gasteiger partial charge in [-0.3, -0.25) is 14.4 Å². The van der Waals surface area contributed by atoms with E-state index in [0.29, 0.717) is 25.9 Å². The Morgan fingerprint density at radius 3 is 2.48 bits per heavy atom. The molecule has 2 aliphatic rings. The standard InChI is InChI=1S/C15H24N2O4/c1-9-6-12(13(7-9)15(20)21)14(19)17-5-3-4-11(8-17)16-10(2)18/h9,11-13H,3-8H2,1-2H3,(H,16,18)(H,20,21)/t9?,11?,12-,13+/m0/s1. The van der Waals surface area contributed by atoms with Gasteiger partial charge in [0.1, 0.15) is 0 Å². The molecule has 0 aromatic heterocycles. The quantitative estimate of drug-likeness (QED) is 0.808. The lowest BCUT2D eigenvalue weighted by atomic mass is 9.93. The van der Waals surface area contributed by atoms with Gasteiger partial charge in [0.25, 0.3) is 0 Å². The predicted molar refractivity (Wildman–Crippen MR) is 76.4 cm³/mol. The second-order valence-corrected chi connectivity index (χ2v) is 6.45. The second kappa shape index (κ2) is 6.45. The number of nitrogens with zero attached hydrogens (tertiary/aromatic N) is 1. The summed E-state index contributed by atoms with van der Waals surface area (Å²) in [4.78, 5) is 36.8. The van der Waals surface area contributed by atoms with E-state index in [9.17, 15) is 19.5 Å². The third-order valence-electron chi connectivity index (χ3n) is 4.57. The number of nitrogens with one attached hydrogen (secondary N) is 1. The van der Waals surface area contributed by atoms with Crippen LogP contribution in [0, 0.1) is 17.8 Å². The molecular weight excluding hydrogens is 272 g/mol. The van der Waals surface area contributed by atoms with Gasteiger partial charge < -0.3 is 15.3 Å². The summed E-state index contributed by atoms with van der Waals surface area (Å²) >= 11 is 0. The smallest absolute Gasteiger partial charge is 0.307 e. The van der Waals surface area contributed by atoms with Gasteiger partial charge in [-0.25, -0.2) is 0 Å². The topological polar surface area (TPSA) is 86.7 Å². The van der Waals surface area contributed by atoms with Gasteiger partial charge in [-0.2, -0.15) is 0 Å². The van der Waals surface area contributed by atoms with Crippen molar-refractivity contribution in [1.29, 1.82) is 0 Å². The number of hydrogen-bond donors (Lipinski definition) is 2. The van der Waals surface area contributed by atoms with Crippen molar-refractivity contribution in [2.75, 3.05) is 13.1 Å². The Morgan fingerprint density at radius 2 is 1.86 bits per heavy atom. The number of carbonyl (C=O) groups excluding carboxylic acids is 2. The number of rotatable bonds is 3. The number of likely N-dealkylation sites (tertiary alicyclic amines) is 1. The molecule has 2 amide bonds. The Hall–Kier alpha value is -1.59. The van der Waals surface area contributed by atoms with Gasteiger partial charge in [0.15, 0.2) is 0 Å². The van der Waals surface area contributed by atoms with Crippen LogP contribution in [-0.4, -0.2) is 46.9 Å². The summed E-state index contributed by atoms with van der Waals surface area (Å²) in [6.07, 6.45) is 2.94. The van der Waals surface area contributed by atoms with Crippen molar-refractivity contribution < 1.29 is 19.5 Å². The van der Waals surface area contributed by atoms with Crippen molar-refractivity contribution in [3.05, 3.63) is 0 Å². The maximum Gasteiger partial charge on any atom is 0.307 e. The van der Waals surface area contributed by atoms with Crippen molar-refractivity contribution in [3.63, 3.8) is 0 Å². The van der Waals surface area contributed by atoms with Crippen LogP contribution in [0.3, 0.4) is 0 Å². The zero-order valence-corrected chi connectivity index (χ0v) is 12.7. The number of carbonyl (C=O) groups is 3. The highest BCUT2D eigenvalue weighted by molar-refractivity contribution is 5.85. The molecule has 0 aromatic carbocycles.